The number of likely N-dealkylation sites (tertiary alicyclic amines) is 1. The van der Waals surface area contributed by atoms with Gasteiger partial charge >= 0.3 is 0 Å². The first-order chi connectivity index (χ1) is 27.1. The van der Waals surface area contributed by atoms with Gasteiger partial charge in [-0.1, -0.05) is 64.7 Å². The van der Waals surface area contributed by atoms with Gasteiger partial charge in [0.25, 0.3) is 0 Å². The number of rotatable bonds is 18. The van der Waals surface area contributed by atoms with E-state index in [2.05, 4.69) is 33.7 Å². The Kier molecular flexibility index (Phi) is 15.7. The number of benzene rings is 2. The Hall–Kier alpha value is -2.55. The summed E-state index contributed by atoms with van der Waals surface area (Å²) in [5.41, 5.74) is 0.944. The molecule has 3 aliphatic heterocycles. The summed E-state index contributed by atoms with van der Waals surface area (Å²) >= 11 is -1.33. The van der Waals surface area contributed by atoms with E-state index < -0.39 is 37.5 Å². The lowest BCUT2D eigenvalue weighted by Crippen LogP contribution is -2.54. The van der Waals surface area contributed by atoms with Crippen LogP contribution >= 0.6 is 0 Å². The number of halogens is 2. The average molecular weight is 816 g/mol. The minimum atomic E-state index is -4.58. The number of hydrogen-bond acceptors (Lipinski definition) is 9. The molecule has 3 saturated heterocycles. The Labute approximate surface area is 337 Å². The molecule has 1 aromatic heterocycles. The molecule has 0 radical (unpaired) electrons. The molecular formula is C43H63F2N5O4S2. The van der Waals surface area contributed by atoms with Crippen LogP contribution in [0.5, 0.6) is 5.75 Å². The van der Waals surface area contributed by atoms with E-state index >= 15 is 8.78 Å². The van der Waals surface area contributed by atoms with E-state index in [1.54, 1.807) is 24.5 Å². The summed E-state index contributed by atoms with van der Waals surface area (Å²) in [4.78, 5) is 13.8. The highest BCUT2D eigenvalue weighted by molar-refractivity contribution is 7.91. The van der Waals surface area contributed by atoms with Gasteiger partial charge in [-0.15, -0.1) is 0 Å². The highest BCUT2D eigenvalue weighted by atomic mass is 32.2. The number of aromatic nitrogens is 1. The highest BCUT2D eigenvalue weighted by Crippen LogP contribution is 2.40. The average Bonchev–Trinajstić information content (AvgIpc) is 3.21. The quantitative estimate of drug-likeness (QED) is 0.0935. The molecule has 4 heterocycles. The Morgan fingerprint density at radius 1 is 0.768 bits per heavy atom. The predicted octanol–water partition coefficient (Wildman–Crippen LogP) is 8.06. The van der Waals surface area contributed by atoms with Gasteiger partial charge < -0.3 is 24.0 Å². The van der Waals surface area contributed by atoms with Gasteiger partial charge in [0.15, 0.2) is 16.5 Å². The van der Waals surface area contributed by atoms with E-state index in [9.17, 15) is 13.0 Å². The van der Waals surface area contributed by atoms with Crippen molar-refractivity contribution < 1.29 is 26.5 Å². The third-order valence-corrected chi connectivity index (χ3v) is 15.0. The molecule has 1 unspecified atom stereocenters. The predicted molar refractivity (Wildman–Crippen MR) is 222 cm³/mol. The molecule has 13 heteroatoms. The molecule has 2 aromatic carbocycles. The van der Waals surface area contributed by atoms with Crippen molar-refractivity contribution in [1.82, 2.24) is 19.7 Å². The smallest absolute Gasteiger partial charge is 0.213 e. The molecule has 0 saturated carbocycles. The summed E-state index contributed by atoms with van der Waals surface area (Å²) in [7, 11) is -2.39. The van der Waals surface area contributed by atoms with Gasteiger partial charge in [0.2, 0.25) is 15.7 Å². The minimum absolute atomic E-state index is 0.187. The van der Waals surface area contributed by atoms with E-state index in [0.29, 0.717) is 53.1 Å². The summed E-state index contributed by atoms with van der Waals surface area (Å²) in [6, 6.07) is 8.52. The Bertz CT molecular complexity index is 1830. The number of fused-ring (bicyclic) bond motifs is 1. The third-order valence-electron chi connectivity index (χ3n) is 12.3. The van der Waals surface area contributed by atoms with E-state index in [1.165, 1.54) is 50.8 Å². The molecule has 3 aromatic rings. The maximum atomic E-state index is 15.8. The van der Waals surface area contributed by atoms with Crippen molar-refractivity contribution in [3.63, 3.8) is 0 Å². The number of unbranched alkanes of at least 4 members (excludes halogenated alkanes) is 9. The van der Waals surface area contributed by atoms with Gasteiger partial charge in [-0.2, -0.15) is 4.39 Å². The van der Waals surface area contributed by atoms with Crippen molar-refractivity contribution in [3.8, 4) is 5.75 Å². The van der Waals surface area contributed by atoms with Crippen LogP contribution in [0.3, 0.4) is 0 Å². The molecule has 0 spiro atoms. The molecule has 9 nitrogen and oxygen atoms in total. The van der Waals surface area contributed by atoms with Gasteiger partial charge in [-0.3, -0.25) is 9.88 Å². The topological polar surface area (TPSA) is 92.3 Å². The summed E-state index contributed by atoms with van der Waals surface area (Å²) < 4.78 is 78.3. The van der Waals surface area contributed by atoms with E-state index in [0.717, 1.165) is 90.3 Å². The van der Waals surface area contributed by atoms with Crippen molar-refractivity contribution in [2.24, 2.45) is 0 Å². The SMILES string of the molecule is CCCCCCCCCCCCOc1ccc(S(=O)(=O)c2cnc3ccc([S+](C)[O-])cc3c2N2CCC(N3CCC(N4CCN(C)CC4)CC3)CC2)c(F)c1F. The van der Waals surface area contributed by atoms with Crippen molar-refractivity contribution in [2.75, 3.05) is 77.2 Å². The summed E-state index contributed by atoms with van der Waals surface area (Å²) in [5, 5.41) is 0.530. The second-order valence-corrected chi connectivity index (χ2v) is 19.4. The zero-order chi connectivity index (χ0) is 39.7. The second kappa shape index (κ2) is 20.4. The van der Waals surface area contributed by atoms with Crippen LogP contribution in [0.2, 0.25) is 0 Å². The Morgan fingerprint density at radius 3 is 1.98 bits per heavy atom. The molecule has 0 aliphatic carbocycles. The van der Waals surface area contributed by atoms with Gasteiger partial charge in [0.05, 0.1) is 17.8 Å². The van der Waals surface area contributed by atoms with Crippen LogP contribution in [0.15, 0.2) is 51.2 Å². The molecule has 56 heavy (non-hydrogen) atoms. The monoisotopic (exact) mass is 815 g/mol. The zero-order valence-electron chi connectivity index (χ0n) is 33.8. The lowest BCUT2D eigenvalue weighted by atomic mass is 9.96. The Morgan fingerprint density at radius 2 is 1.36 bits per heavy atom. The largest absolute Gasteiger partial charge is 0.612 e. The molecule has 0 amide bonds. The highest BCUT2D eigenvalue weighted by Gasteiger charge is 2.35. The molecule has 0 bridgehead atoms. The summed E-state index contributed by atoms with van der Waals surface area (Å²) in [6.45, 7) is 10.2. The van der Waals surface area contributed by atoms with E-state index in [-0.39, 0.29) is 17.3 Å². The fourth-order valence-corrected chi connectivity index (χ4v) is 10.9. The molecule has 3 aliphatic rings. The van der Waals surface area contributed by atoms with Crippen LogP contribution in [0.1, 0.15) is 96.8 Å². The standard InChI is InChI=1S/C43H63F2N5O4S2/c1-4-5-6-7-8-9-10-11-12-13-30-54-38-16-17-39(42(45)41(38)44)56(52,53)40-32-46-37-15-14-35(55(3)51)31-36(37)43(40)50-24-20-33(21-25-50)48-22-18-34(19-23-48)49-28-26-47(2)27-29-49/h14-17,31-34H,4-13,18-30H2,1-3H3. The number of anilines is 1. The first-order valence-corrected chi connectivity index (χ1v) is 24.2. The fraction of sp³-hybridized carbons (Fsp3) is 0.651. The number of nitrogens with zero attached hydrogens (tertiary/aromatic N) is 5. The van der Waals surface area contributed by atoms with E-state index in [1.807, 2.05) is 4.90 Å². The summed E-state index contributed by atoms with van der Waals surface area (Å²) in [6.07, 6.45) is 18.3. The number of ether oxygens (including phenoxy) is 1. The lowest BCUT2D eigenvalue weighted by molar-refractivity contribution is 0.0495. The van der Waals surface area contributed by atoms with Gasteiger partial charge in [-0.25, -0.2) is 12.8 Å². The van der Waals surface area contributed by atoms with Crippen LogP contribution in [0.4, 0.5) is 14.5 Å². The van der Waals surface area contributed by atoms with Crippen molar-refractivity contribution >= 4 is 37.6 Å². The third kappa shape index (κ3) is 10.5. The van der Waals surface area contributed by atoms with Crippen LogP contribution in [-0.4, -0.2) is 117 Å². The number of piperidine rings is 2. The van der Waals surface area contributed by atoms with Gasteiger partial charge in [0, 0.05) is 69.0 Å². The normalized spacial score (nSPS) is 19.2. The maximum Gasteiger partial charge on any atom is 0.213 e. The van der Waals surface area contributed by atoms with Crippen LogP contribution in [0.25, 0.3) is 10.9 Å². The summed E-state index contributed by atoms with van der Waals surface area (Å²) in [5.74, 6) is -3.06. The first kappa shape index (κ1) is 43.0. The Balaban J connectivity index is 1.14. The maximum absolute atomic E-state index is 15.8. The van der Waals surface area contributed by atoms with Gasteiger partial charge in [0.1, 0.15) is 16.0 Å². The molecular weight excluding hydrogens is 753 g/mol. The number of likely N-dealkylation sites (N-methyl/N-ethyl adjacent to an activating group) is 1. The number of hydrogen-bond donors (Lipinski definition) is 0. The second-order valence-electron chi connectivity index (χ2n) is 16.2. The van der Waals surface area contributed by atoms with Crippen molar-refractivity contribution in [3.05, 3.63) is 48.2 Å². The van der Waals surface area contributed by atoms with Crippen LogP contribution < -0.4 is 9.64 Å². The number of sulfone groups is 1. The van der Waals surface area contributed by atoms with Gasteiger partial charge in [-0.05, 0) is 87.7 Å². The molecule has 0 N–H and O–H groups in total. The van der Waals surface area contributed by atoms with Crippen molar-refractivity contribution in [1.29, 1.82) is 0 Å². The molecule has 3 fully saturated rings. The van der Waals surface area contributed by atoms with Crippen LogP contribution in [-0.2, 0) is 21.0 Å². The van der Waals surface area contributed by atoms with E-state index in [4.69, 9.17) is 4.74 Å². The van der Waals surface area contributed by atoms with Crippen LogP contribution in [0, 0.1) is 11.6 Å². The molecule has 310 valence electrons. The molecule has 6 rings (SSSR count). The first-order valence-electron chi connectivity index (χ1n) is 21.1. The fourth-order valence-electron chi connectivity index (χ4n) is 8.82. The lowest BCUT2D eigenvalue weighted by Gasteiger charge is -2.46. The van der Waals surface area contributed by atoms with Crippen molar-refractivity contribution in [2.45, 2.75) is 124 Å². The number of pyridine rings is 1. The number of piperazine rings is 1. The minimum Gasteiger partial charge on any atom is -0.612 e. The molecule has 1 atom stereocenters. The zero-order valence-corrected chi connectivity index (χ0v) is 35.5.